The van der Waals surface area contributed by atoms with E-state index in [2.05, 4.69) is 37.3 Å². The van der Waals surface area contributed by atoms with E-state index in [1.165, 1.54) is 33.3 Å². The third kappa shape index (κ3) is 2.12. The van der Waals surface area contributed by atoms with Crippen LogP contribution < -0.4 is 5.48 Å². The molecule has 0 heterocycles. The molecular weight excluding hydrogens is 254 g/mol. The molecule has 2 N–H and O–H groups in total. The minimum absolute atomic E-state index is 0.0637. The molecule has 0 fully saturated rings. The second-order valence-electron chi connectivity index (χ2n) is 5.21. The summed E-state index contributed by atoms with van der Waals surface area (Å²) in [5.41, 5.74) is 7.64. The molecule has 3 rings (SSSR count). The van der Waals surface area contributed by atoms with Crippen molar-refractivity contribution in [2.24, 2.45) is 0 Å². The van der Waals surface area contributed by atoms with Crippen molar-refractivity contribution in [3.8, 4) is 0 Å². The molecule has 2 aliphatic rings. The largest absolute Gasteiger partial charge is 0.447 e. The van der Waals surface area contributed by atoms with Crippen molar-refractivity contribution < 1.29 is 14.7 Å². The predicted molar refractivity (Wildman–Crippen MR) is 75.5 cm³/mol. The van der Waals surface area contributed by atoms with Crippen LogP contribution >= 0.6 is 0 Å². The molecule has 1 atom stereocenters. The fourth-order valence-corrected chi connectivity index (χ4v) is 3.04. The van der Waals surface area contributed by atoms with E-state index in [0.717, 1.165) is 12.8 Å². The number of allylic oxidation sites excluding steroid dienone is 3. The third-order valence-corrected chi connectivity index (χ3v) is 3.91. The van der Waals surface area contributed by atoms with Gasteiger partial charge in [0.05, 0.1) is 0 Å². The maximum atomic E-state index is 11.1. The summed E-state index contributed by atoms with van der Waals surface area (Å²) < 4.78 is 5.05. The Labute approximate surface area is 117 Å². The minimum Gasteiger partial charge on any atom is -0.447 e. The average Bonchev–Trinajstić information content (AvgIpc) is 2.78. The summed E-state index contributed by atoms with van der Waals surface area (Å²) in [4.78, 5) is 11.1. The number of nitrogens with one attached hydrogen (secondary N) is 1. The average molecular weight is 271 g/mol. The number of carbonyl (C=O) groups excluding carboxylic acids is 1. The number of carbonyl (C=O) groups is 1. The van der Waals surface area contributed by atoms with Gasteiger partial charge in [0.1, 0.15) is 6.61 Å². The summed E-state index contributed by atoms with van der Waals surface area (Å²) in [6.45, 7) is 2.30. The molecule has 4 heteroatoms. The molecule has 1 aromatic rings. The molecule has 0 spiro atoms. The van der Waals surface area contributed by atoms with Gasteiger partial charge < -0.3 is 4.74 Å². The van der Waals surface area contributed by atoms with E-state index < -0.39 is 6.09 Å². The molecule has 20 heavy (non-hydrogen) atoms. The summed E-state index contributed by atoms with van der Waals surface area (Å²) in [7, 11) is 0. The standard InChI is InChI=1S/C16H17NO3/c1-10-6-7-13-11-4-2-3-5-12(11)15(14(13)8-10)9-20-16(18)17-19/h4-8,15,19H,2-3,9H2,1H3,(H,17,18). The van der Waals surface area contributed by atoms with Crippen LogP contribution in [0, 0.1) is 6.92 Å². The zero-order chi connectivity index (χ0) is 14.1. The number of benzene rings is 1. The van der Waals surface area contributed by atoms with E-state index in [4.69, 9.17) is 9.94 Å². The van der Waals surface area contributed by atoms with E-state index >= 15 is 0 Å². The SMILES string of the molecule is Cc1ccc2c(c1)C(COC(=O)NO)C1=CCCC=C12. The van der Waals surface area contributed by atoms with Crippen LogP contribution in [0.5, 0.6) is 0 Å². The molecule has 0 aliphatic heterocycles. The summed E-state index contributed by atoms with van der Waals surface area (Å²) >= 11 is 0. The highest BCUT2D eigenvalue weighted by atomic mass is 16.6. The first-order chi connectivity index (χ1) is 9.70. The molecule has 0 saturated heterocycles. The van der Waals surface area contributed by atoms with Gasteiger partial charge in [-0.1, -0.05) is 35.9 Å². The van der Waals surface area contributed by atoms with E-state index in [1.54, 1.807) is 0 Å². The number of hydroxylamine groups is 1. The van der Waals surface area contributed by atoms with E-state index in [9.17, 15) is 4.79 Å². The summed E-state index contributed by atoms with van der Waals surface area (Å²) in [5.74, 6) is 0.0637. The van der Waals surface area contributed by atoms with E-state index in [1.807, 2.05) is 0 Å². The number of hydrogen-bond acceptors (Lipinski definition) is 3. The lowest BCUT2D eigenvalue weighted by molar-refractivity contribution is 0.0872. The van der Waals surface area contributed by atoms with Crippen molar-refractivity contribution in [1.29, 1.82) is 0 Å². The van der Waals surface area contributed by atoms with Crippen LogP contribution in [0.3, 0.4) is 0 Å². The summed E-state index contributed by atoms with van der Waals surface area (Å²) in [6, 6.07) is 6.40. The van der Waals surface area contributed by atoms with Gasteiger partial charge in [0.2, 0.25) is 0 Å². The van der Waals surface area contributed by atoms with Crippen molar-refractivity contribution in [3.05, 3.63) is 52.6 Å². The van der Waals surface area contributed by atoms with Gasteiger partial charge in [-0.05, 0) is 42.0 Å². The lowest BCUT2D eigenvalue weighted by Gasteiger charge is -2.16. The Bertz CT molecular complexity index is 616. The number of aryl methyl sites for hydroxylation is 1. The van der Waals surface area contributed by atoms with Gasteiger partial charge in [-0.3, -0.25) is 5.21 Å². The second-order valence-corrected chi connectivity index (χ2v) is 5.21. The van der Waals surface area contributed by atoms with Crippen LogP contribution in [0.15, 0.2) is 35.9 Å². The Hall–Kier alpha value is -2.07. The highest BCUT2D eigenvalue weighted by Gasteiger charge is 2.33. The van der Waals surface area contributed by atoms with Crippen LogP contribution in [-0.2, 0) is 4.74 Å². The number of amides is 1. The monoisotopic (exact) mass is 271 g/mol. The Morgan fingerprint density at radius 2 is 2.20 bits per heavy atom. The molecule has 104 valence electrons. The lowest BCUT2D eigenvalue weighted by Crippen LogP contribution is -2.22. The van der Waals surface area contributed by atoms with Crippen LogP contribution in [-0.4, -0.2) is 17.9 Å². The van der Waals surface area contributed by atoms with Gasteiger partial charge in [-0.15, -0.1) is 0 Å². The fraction of sp³-hybridized carbons (Fsp3) is 0.312. The highest BCUT2D eigenvalue weighted by molar-refractivity contribution is 5.89. The Balaban J connectivity index is 1.97. The Morgan fingerprint density at radius 3 is 3.00 bits per heavy atom. The summed E-state index contributed by atoms with van der Waals surface area (Å²) in [6.07, 6.45) is 5.75. The quantitative estimate of drug-likeness (QED) is 0.641. The highest BCUT2D eigenvalue weighted by Crippen LogP contribution is 2.47. The molecule has 0 aromatic heterocycles. The Morgan fingerprint density at radius 1 is 1.40 bits per heavy atom. The zero-order valence-corrected chi connectivity index (χ0v) is 11.3. The van der Waals surface area contributed by atoms with Gasteiger partial charge >= 0.3 is 6.09 Å². The van der Waals surface area contributed by atoms with Crippen LogP contribution in [0.1, 0.15) is 35.4 Å². The van der Waals surface area contributed by atoms with Crippen LogP contribution in [0.2, 0.25) is 0 Å². The maximum absolute atomic E-state index is 11.1. The predicted octanol–water partition coefficient (Wildman–Crippen LogP) is 3.31. The number of rotatable bonds is 2. The second kappa shape index (κ2) is 5.13. The zero-order valence-electron chi connectivity index (χ0n) is 11.3. The van der Waals surface area contributed by atoms with Crippen molar-refractivity contribution >= 4 is 11.7 Å². The molecule has 0 radical (unpaired) electrons. The summed E-state index contributed by atoms with van der Waals surface area (Å²) in [5, 5.41) is 8.53. The van der Waals surface area contributed by atoms with Gasteiger partial charge in [0.25, 0.3) is 0 Å². The topological polar surface area (TPSA) is 58.6 Å². The Kier molecular flexibility index (Phi) is 3.32. The lowest BCUT2D eigenvalue weighted by atomic mass is 9.93. The smallest absolute Gasteiger partial charge is 0.431 e. The van der Waals surface area contributed by atoms with Gasteiger partial charge in [-0.2, -0.15) is 0 Å². The van der Waals surface area contributed by atoms with Crippen molar-refractivity contribution in [2.45, 2.75) is 25.7 Å². The first-order valence-corrected chi connectivity index (χ1v) is 6.79. The number of ether oxygens (including phenoxy) is 1. The van der Waals surface area contributed by atoms with E-state index in [0.29, 0.717) is 0 Å². The minimum atomic E-state index is -0.812. The molecule has 0 bridgehead atoms. The van der Waals surface area contributed by atoms with E-state index in [-0.39, 0.29) is 12.5 Å². The van der Waals surface area contributed by atoms with Crippen molar-refractivity contribution in [3.63, 3.8) is 0 Å². The van der Waals surface area contributed by atoms with Crippen LogP contribution in [0.4, 0.5) is 4.79 Å². The van der Waals surface area contributed by atoms with Gasteiger partial charge in [0.15, 0.2) is 0 Å². The molecule has 0 saturated carbocycles. The third-order valence-electron chi connectivity index (χ3n) is 3.91. The number of hydrogen-bond donors (Lipinski definition) is 2. The fourth-order valence-electron chi connectivity index (χ4n) is 3.04. The molecule has 2 aliphatic carbocycles. The first-order valence-electron chi connectivity index (χ1n) is 6.79. The normalized spacial score (nSPS) is 19.6. The van der Waals surface area contributed by atoms with Crippen molar-refractivity contribution in [2.75, 3.05) is 6.61 Å². The van der Waals surface area contributed by atoms with Gasteiger partial charge in [0, 0.05) is 5.92 Å². The molecule has 1 aromatic carbocycles. The molecule has 1 unspecified atom stereocenters. The molecule has 4 nitrogen and oxygen atoms in total. The molecular formula is C16H17NO3. The molecule has 1 amide bonds. The maximum Gasteiger partial charge on any atom is 0.431 e. The van der Waals surface area contributed by atoms with Gasteiger partial charge in [-0.25, -0.2) is 10.3 Å². The van der Waals surface area contributed by atoms with Crippen molar-refractivity contribution in [1.82, 2.24) is 5.48 Å². The van der Waals surface area contributed by atoms with Crippen LogP contribution in [0.25, 0.3) is 5.57 Å². The first kappa shape index (κ1) is 12.9. The number of fused-ring (bicyclic) bond motifs is 3.